The lowest BCUT2D eigenvalue weighted by atomic mass is 10.00. The average Bonchev–Trinajstić information content (AvgIpc) is 2.41. The molecule has 1 amide bonds. The molecule has 6 nitrogen and oxygen atoms in total. The van der Waals surface area contributed by atoms with Crippen LogP contribution in [-0.2, 0) is 0 Å². The van der Waals surface area contributed by atoms with E-state index >= 15 is 0 Å². The van der Waals surface area contributed by atoms with Gasteiger partial charge in [0.05, 0.1) is 0 Å². The van der Waals surface area contributed by atoms with Crippen LogP contribution in [0.5, 0.6) is 0 Å². The Hall–Kier alpha value is -1.69. The number of hydrogen-bond acceptors (Lipinski definition) is 5. The number of hydrogen-bond donors (Lipinski definition) is 3. The normalized spacial score (nSPS) is 23.4. The minimum absolute atomic E-state index is 0.221. The van der Waals surface area contributed by atoms with E-state index in [-0.39, 0.29) is 5.91 Å². The molecular formula is C12H19N5O. The molecule has 0 spiro atoms. The first-order valence-electron chi connectivity index (χ1n) is 6.26. The third kappa shape index (κ3) is 2.95. The van der Waals surface area contributed by atoms with Gasteiger partial charge >= 0.3 is 0 Å². The molecule has 0 aliphatic carbocycles. The number of nitrogens with one attached hydrogen (secondary N) is 3. The van der Waals surface area contributed by atoms with E-state index in [9.17, 15) is 4.79 Å². The molecule has 3 N–H and O–H groups in total. The smallest absolute Gasteiger partial charge is 0.271 e. The second kappa shape index (κ2) is 5.77. The molecule has 0 radical (unpaired) electrons. The molecule has 0 aromatic carbocycles. The van der Waals surface area contributed by atoms with Crippen LogP contribution in [0.25, 0.3) is 0 Å². The summed E-state index contributed by atoms with van der Waals surface area (Å²) >= 11 is 0. The van der Waals surface area contributed by atoms with Gasteiger partial charge in [0.15, 0.2) is 5.69 Å². The van der Waals surface area contributed by atoms with Crippen molar-refractivity contribution < 1.29 is 4.79 Å². The summed E-state index contributed by atoms with van der Waals surface area (Å²) in [6.07, 6.45) is 2.28. The zero-order valence-electron chi connectivity index (χ0n) is 10.7. The molecule has 2 rings (SSSR count). The van der Waals surface area contributed by atoms with Crippen LogP contribution >= 0.6 is 0 Å². The summed E-state index contributed by atoms with van der Waals surface area (Å²) in [5.41, 5.74) is 0.331. The van der Waals surface area contributed by atoms with Crippen LogP contribution in [0, 0.1) is 0 Å². The molecule has 0 bridgehead atoms. The van der Waals surface area contributed by atoms with Crippen molar-refractivity contribution in [3.8, 4) is 0 Å². The minimum atomic E-state index is -0.221. The second-order valence-corrected chi connectivity index (χ2v) is 4.52. The van der Waals surface area contributed by atoms with Crippen LogP contribution in [0.15, 0.2) is 12.1 Å². The number of anilines is 1. The SMILES string of the molecule is CNC(=O)c1ccc(NC2CCCNC2C)nn1. The largest absolute Gasteiger partial charge is 0.364 e. The Morgan fingerprint density at radius 1 is 1.44 bits per heavy atom. The van der Waals surface area contributed by atoms with Crippen molar-refractivity contribution in [3.05, 3.63) is 17.8 Å². The van der Waals surface area contributed by atoms with E-state index < -0.39 is 0 Å². The van der Waals surface area contributed by atoms with Gasteiger partial charge in [0.1, 0.15) is 5.82 Å². The quantitative estimate of drug-likeness (QED) is 0.722. The lowest BCUT2D eigenvalue weighted by molar-refractivity contribution is 0.0957. The van der Waals surface area contributed by atoms with Gasteiger partial charge in [-0.05, 0) is 38.4 Å². The first-order valence-corrected chi connectivity index (χ1v) is 6.26. The Kier molecular flexibility index (Phi) is 4.09. The summed E-state index contributed by atoms with van der Waals surface area (Å²) < 4.78 is 0. The number of aromatic nitrogens is 2. The van der Waals surface area contributed by atoms with Gasteiger partial charge in [0, 0.05) is 19.1 Å². The van der Waals surface area contributed by atoms with E-state index in [0.29, 0.717) is 23.6 Å². The molecule has 98 valence electrons. The summed E-state index contributed by atoms with van der Waals surface area (Å²) in [7, 11) is 1.57. The maximum Gasteiger partial charge on any atom is 0.271 e. The standard InChI is InChI=1S/C12H19N5O/c1-8-9(4-3-7-14-8)15-11-6-5-10(16-17-11)12(18)13-2/h5-6,8-9,14H,3-4,7H2,1-2H3,(H,13,18)(H,15,17). The van der Waals surface area contributed by atoms with E-state index in [2.05, 4.69) is 33.1 Å². The van der Waals surface area contributed by atoms with Crippen molar-refractivity contribution in [1.29, 1.82) is 0 Å². The van der Waals surface area contributed by atoms with Crippen molar-refractivity contribution in [3.63, 3.8) is 0 Å². The van der Waals surface area contributed by atoms with Crippen LogP contribution in [-0.4, -0.2) is 41.8 Å². The molecule has 2 unspecified atom stereocenters. The van der Waals surface area contributed by atoms with Crippen molar-refractivity contribution in [2.24, 2.45) is 0 Å². The molecule has 1 fully saturated rings. The molecule has 2 atom stereocenters. The van der Waals surface area contributed by atoms with Gasteiger partial charge in [0.25, 0.3) is 5.91 Å². The van der Waals surface area contributed by atoms with Crippen molar-refractivity contribution in [2.45, 2.75) is 31.8 Å². The lowest BCUT2D eigenvalue weighted by Gasteiger charge is -2.30. The van der Waals surface area contributed by atoms with E-state index in [4.69, 9.17) is 0 Å². The number of amides is 1. The first-order chi connectivity index (χ1) is 8.70. The topological polar surface area (TPSA) is 78.9 Å². The van der Waals surface area contributed by atoms with Gasteiger partial charge in [0.2, 0.25) is 0 Å². The van der Waals surface area contributed by atoms with Crippen molar-refractivity contribution in [2.75, 3.05) is 18.9 Å². The Morgan fingerprint density at radius 3 is 2.89 bits per heavy atom. The Bertz CT molecular complexity index is 405. The average molecular weight is 249 g/mol. The van der Waals surface area contributed by atoms with Gasteiger partial charge in [-0.25, -0.2) is 0 Å². The summed E-state index contributed by atoms with van der Waals surface area (Å²) in [5, 5.41) is 17.2. The van der Waals surface area contributed by atoms with Gasteiger partial charge in [-0.15, -0.1) is 10.2 Å². The molecule has 18 heavy (non-hydrogen) atoms. The van der Waals surface area contributed by atoms with Crippen LogP contribution < -0.4 is 16.0 Å². The lowest BCUT2D eigenvalue weighted by Crippen LogP contribution is -2.46. The molecule has 1 aliphatic heterocycles. The number of nitrogens with zero attached hydrogens (tertiary/aromatic N) is 2. The fourth-order valence-electron chi connectivity index (χ4n) is 2.09. The van der Waals surface area contributed by atoms with Crippen LogP contribution in [0.2, 0.25) is 0 Å². The predicted molar refractivity (Wildman–Crippen MR) is 69.5 cm³/mol. The third-order valence-electron chi connectivity index (χ3n) is 3.22. The zero-order valence-corrected chi connectivity index (χ0v) is 10.7. The van der Waals surface area contributed by atoms with Crippen LogP contribution in [0.4, 0.5) is 5.82 Å². The van der Waals surface area contributed by atoms with E-state index in [1.54, 1.807) is 19.2 Å². The van der Waals surface area contributed by atoms with Gasteiger partial charge in [-0.2, -0.15) is 0 Å². The molecule has 1 aliphatic rings. The van der Waals surface area contributed by atoms with E-state index in [0.717, 1.165) is 19.4 Å². The predicted octanol–water partition coefficient (Wildman–Crippen LogP) is 0.389. The monoisotopic (exact) mass is 249 g/mol. The van der Waals surface area contributed by atoms with Gasteiger partial charge in [-0.1, -0.05) is 0 Å². The summed E-state index contributed by atoms with van der Waals surface area (Å²) in [6, 6.07) is 4.24. The Labute approximate surface area is 107 Å². The highest BCUT2D eigenvalue weighted by molar-refractivity contribution is 5.91. The molecule has 6 heteroatoms. The highest BCUT2D eigenvalue weighted by Gasteiger charge is 2.20. The van der Waals surface area contributed by atoms with Crippen molar-refractivity contribution in [1.82, 2.24) is 20.8 Å². The molecule has 2 heterocycles. The molecule has 0 saturated carbocycles. The second-order valence-electron chi connectivity index (χ2n) is 4.52. The highest BCUT2D eigenvalue weighted by Crippen LogP contribution is 2.13. The number of piperidine rings is 1. The van der Waals surface area contributed by atoms with Gasteiger partial charge < -0.3 is 16.0 Å². The van der Waals surface area contributed by atoms with Gasteiger partial charge in [-0.3, -0.25) is 4.79 Å². The fraction of sp³-hybridized carbons (Fsp3) is 0.583. The number of carbonyl (C=O) groups is 1. The minimum Gasteiger partial charge on any atom is -0.364 e. The van der Waals surface area contributed by atoms with Crippen molar-refractivity contribution >= 4 is 11.7 Å². The third-order valence-corrected chi connectivity index (χ3v) is 3.22. The van der Waals surface area contributed by atoms with Crippen LogP contribution in [0.3, 0.4) is 0 Å². The fourth-order valence-corrected chi connectivity index (χ4v) is 2.09. The molecule has 1 aromatic rings. The van der Waals surface area contributed by atoms with E-state index in [1.807, 2.05) is 0 Å². The maximum atomic E-state index is 11.3. The summed E-state index contributed by atoms with van der Waals surface area (Å²) in [5.74, 6) is 0.491. The number of carbonyl (C=O) groups excluding carboxylic acids is 1. The zero-order chi connectivity index (χ0) is 13.0. The molecule has 1 aromatic heterocycles. The maximum absolute atomic E-state index is 11.3. The summed E-state index contributed by atoms with van der Waals surface area (Å²) in [4.78, 5) is 11.3. The summed E-state index contributed by atoms with van der Waals surface area (Å²) in [6.45, 7) is 3.23. The Morgan fingerprint density at radius 2 is 2.28 bits per heavy atom. The van der Waals surface area contributed by atoms with Crippen LogP contribution in [0.1, 0.15) is 30.3 Å². The molecule has 1 saturated heterocycles. The first kappa shape index (κ1) is 12.8. The van der Waals surface area contributed by atoms with E-state index in [1.165, 1.54) is 0 Å². The Balaban J connectivity index is 1.99. The highest BCUT2D eigenvalue weighted by atomic mass is 16.1. The number of rotatable bonds is 3. The molecular weight excluding hydrogens is 230 g/mol.